The number of ether oxygens (including phenoxy) is 1. The third kappa shape index (κ3) is 5.64. The minimum atomic E-state index is -3.62. The number of hydrogen-bond acceptors (Lipinski definition) is 7. The molecule has 0 bridgehead atoms. The molecule has 2 saturated heterocycles. The molecule has 1 atom stereocenters. The largest absolute Gasteiger partial charge is 0.379 e. The minimum absolute atomic E-state index is 0.166. The molecule has 0 radical (unpaired) electrons. The highest BCUT2D eigenvalue weighted by Gasteiger charge is 2.28. The number of piperazine rings is 1. The maximum atomic E-state index is 12.9. The zero-order chi connectivity index (χ0) is 23.4. The molecular weight excluding hydrogens is 466 g/mol. The highest BCUT2D eigenvalue weighted by Crippen LogP contribution is 2.22. The number of anilines is 2. The monoisotopic (exact) mass is 493 g/mol. The molecule has 3 heterocycles. The van der Waals surface area contributed by atoms with Gasteiger partial charge >= 0.3 is 0 Å². The van der Waals surface area contributed by atoms with Crippen molar-refractivity contribution in [3.05, 3.63) is 47.6 Å². The van der Waals surface area contributed by atoms with Crippen molar-refractivity contribution in [2.75, 3.05) is 62.7 Å². The Hall–Kier alpha value is -2.24. The molecule has 1 N–H and O–H groups in total. The lowest BCUT2D eigenvalue weighted by molar-refractivity contribution is -0.120. The summed E-state index contributed by atoms with van der Waals surface area (Å²) in [5, 5.41) is 3.48. The van der Waals surface area contributed by atoms with Crippen LogP contribution in [0.15, 0.2) is 47.5 Å². The predicted molar refractivity (Wildman–Crippen MR) is 127 cm³/mol. The Morgan fingerprint density at radius 2 is 1.82 bits per heavy atom. The van der Waals surface area contributed by atoms with E-state index < -0.39 is 10.0 Å². The van der Waals surface area contributed by atoms with E-state index in [2.05, 4.69) is 20.1 Å². The number of amides is 1. The van der Waals surface area contributed by atoms with Crippen LogP contribution in [0.25, 0.3) is 0 Å². The summed E-state index contributed by atoms with van der Waals surface area (Å²) in [6.45, 7) is 6.21. The third-order valence-corrected chi connectivity index (χ3v) is 8.10. The summed E-state index contributed by atoms with van der Waals surface area (Å²) in [6.07, 6.45) is 1.63. The summed E-state index contributed by atoms with van der Waals surface area (Å²) >= 11 is 5.92. The molecule has 11 heteroatoms. The van der Waals surface area contributed by atoms with Gasteiger partial charge in [-0.2, -0.15) is 4.31 Å². The quantitative estimate of drug-likeness (QED) is 0.656. The van der Waals surface area contributed by atoms with Crippen molar-refractivity contribution < 1.29 is 17.9 Å². The van der Waals surface area contributed by atoms with Gasteiger partial charge in [-0.25, -0.2) is 13.4 Å². The molecule has 9 nitrogen and oxygen atoms in total. The molecule has 1 aromatic heterocycles. The lowest BCUT2D eigenvalue weighted by atomic mass is 10.2. The van der Waals surface area contributed by atoms with Crippen LogP contribution in [0.4, 0.5) is 11.5 Å². The van der Waals surface area contributed by atoms with Crippen molar-refractivity contribution in [3.63, 3.8) is 0 Å². The van der Waals surface area contributed by atoms with E-state index in [1.807, 2.05) is 19.1 Å². The number of aromatic nitrogens is 1. The molecular formula is C22H28ClN5O4S. The number of carbonyl (C=O) groups is 1. The van der Waals surface area contributed by atoms with Crippen molar-refractivity contribution in [3.8, 4) is 0 Å². The maximum Gasteiger partial charge on any atom is 0.243 e. The lowest BCUT2D eigenvalue weighted by Gasteiger charge is -2.38. The highest BCUT2D eigenvalue weighted by atomic mass is 35.5. The molecule has 1 aromatic carbocycles. The average molecular weight is 494 g/mol. The molecule has 178 valence electrons. The molecule has 4 rings (SSSR count). The molecule has 0 spiro atoms. The van der Waals surface area contributed by atoms with Gasteiger partial charge in [0.05, 0.1) is 29.2 Å². The first-order chi connectivity index (χ1) is 15.8. The van der Waals surface area contributed by atoms with Gasteiger partial charge in [0, 0.05) is 51.2 Å². The van der Waals surface area contributed by atoms with E-state index in [1.54, 1.807) is 24.4 Å². The topological polar surface area (TPSA) is 95.1 Å². The summed E-state index contributed by atoms with van der Waals surface area (Å²) in [5.41, 5.74) is 0.463. The number of rotatable bonds is 6. The second kappa shape index (κ2) is 10.4. The van der Waals surface area contributed by atoms with E-state index in [-0.39, 0.29) is 16.8 Å². The Kier molecular flexibility index (Phi) is 7.50. The zero-order valence-corrected chi connectivity index (χ0v) is 20.1. The molecule has 2 aromatic rings. The molecule has 0 saturated carbocycles. The molecule has 2 fully saturated rings. The van der Waals surface area contributed by atoms with Crippen LogP contribution in [0.3, 0.4) is 0 Å². The summed E-state index contributed by atoms with van der Waals surface area (Å²) in [7, 11) is -3.62. The fourth-order valence-electron chi connectivity index (χ4n) is 3.98. The van der Waals surface area contributed by atoms with E-state index in [0.717, 1.165) is 18.9 Å². The number of pyridine rings is 1. The van der Waals surface area contributed by atoms with Gasteiger partial charge in [0.15, 0.2) is 0 Å². The second-order valence-corrected chi connectivity index (χ2v) is 10.4. The van der Waals surface area contributed by atoms with Crippen LogP contribution < -0.4 is 10.2 Å². The van der Waals surface area contributed by atoms with Gasteiger partial charge in [0.1, 0.15) is 5.82 Å². The first-order valence-electron chi connectivity index (χ1n) is 10.9. The van der Waals surface area contributed by atoms with Crippen LogP contribution in [-0.4, -0.2) is 87.0 Å². The smallest absolute Gasteiger partial charge is 0.243 e. The van der Waals surface area contributed by atoms with Crippen LogP contribution in [0.5, 0.6) is 0 Å². The summed E-state index contributed by atoms with van der Waals surface area (Å²) < 4.78 is 32.5. The Balaban J connectivity index is 1.35. The molecule has 2 aliphatic rings. The van der Waals surface area contributed by atoms with Gasteiger partial charge in [0.2, 0.25) is 15.9 Å². The fourth-order valence-corrected chi connectivity index (χ4v) is 5.54. The Morgan fingerprint density at radius 1 is 1.09 bits per heavy atom. The number of hydrogen-bond donors (Lipinski definition) is 1. The Labute approximate surface area is 199 Å². The number of morpholine rings is 1. The molecule has 1 unspecified atom stereocenters. The third-order valence-electron chi connectivity index (χ3n) is 5.99. The number of nitrogens with zero attached hydrogens (tertiary/aromatic N) is 4. The minimum Gasteiger partial charge on any atom is -0.379 e. The van der Waals surface area contributed by atoms with Crippen LogP contribution in [0.2, 0.25) is 5.02 Å². The number of halogens is 1. The lowest BCUT2D eigenvalue weighted by Crippen LogP contribution is -2.53. The normalized spacial score (nSPS) is 19.3. The van der Waals surface area contributed by atoms with Gasteiger partial charge < -0.3 is 15.0 Å². The van der Waals surface area contributed by atoms with E-state index in [9.17, 15) is 13.2 Å². The van der Waals surface area contributed by atoms with Crippen LogP contribution in [-0.2, 0) is 19.6 Å². The van der Waals surface area contributed by atoms with Gasteiger partial charge in [-0.3, -0.25) is 9.69 Å². The maximum absolute atomic E-state index is 12.9. The summed E-state index contributed by atoms with van der Waals surface area (Å²) in [4.78, 5) is 21.7. The first kappa shape index (κ1) is 23.9. The highest BCUT2D eigenvalue weighted by molar-refractivity contribution is 7.89. The van der Waals surface area contributed by atoms with E-state index in [1.165, 1.54) is 10.4 Å². The molecule has 1 amide bonds. The van der Waals surface area contributed by atoms with Gasteiger partial charge in [-0.15, -0.1) is 0 Å². The Bertz CT molecular complexity index is 1070. The predicted octanol–water partition coefficient (Wildman–Crippen LogP) is 1.91. The standard InChI is InChI=1S/C22H28ClN5O4S/c1-17(26-7-9-27(10-8-26)21-6-5-18(23)16-24-21)22(29)25-19-3-2-4-20(15-19)33(30,31)28-11-13-32-14-12-28/h2-6,15-17H,7-14H2,1H3,(H,25,29). The fraction of sp³-hybridized carbons (Fsp3) is 0.455. The van der Waals surface area contributed by atoms with E-state index >= 15 is 0 Å². The van der Waals surface area contributed by atoms with Crippen molar-refractivity contribution in [1.29, 1.82) is 0 Å². The first-order valence-corrected chi connectivity index (χ1v) is 12.8. The van der Waals surface area contributed by atoms with Crippen LogP contribution in [0, 0.1) is 0 Å². The molecule has 33 heavy (non-hydrogen) atoms. The molecule has 2 aliphatic heterocycles. The number of carbonyl (C=O) groups excluding carboxylic acids is 1. The van der Waals surface area contributed by atoms with Crippen molar-refractivity contribution in [2.24, 2.45) is 0 Å². The van der Waals surface area contributed by atoms with Gasteiger partial charge in [0.25, 0.3) is 0 Å². The summed E-state index contributed by atoms with van der Waals surface area (Å²) in [6, 6.07) is 9.77. The van der Waals surface area contributed by atoms with E-state index in [0.29, 0.717) is 50.1 Å². The van der Waals surface area contributed by atoms with Crippen LogP contribution in [0.1, 0.15) is 6.92 Å². The summed E-state index contributed by atoms with van der Waals surface area (Å²) in [5.74, 6) is 0.698. The van der Waals surface area contributed by atoms with Gasteiger partial charge in [-0.05, 0) is 37.3 Å². The molecule has 0 aliphatic carbocycles. The van der Waals surface area contributed by atoms with Crippen molar-refractivity contribution in [2.45, 2.75) is 17.9 Å². The van der Waals surface area contributed by atoms with Gasteiger partial charge in [-0.1, -0.05) is 17.7 Å². The number of sulfonamides is 1. The number of nitrogens with one attached hydrogen (secondary N) is 1. The second-order valence-electron chi connectivity index (χ2n) is 8.07. The van der Waals surface area contributed by atoms with Crippen molar-refractivity contribution >= 4 is 39.0 Å². The zero-order valence-electron chi connectivity index (χ0n) is 18.5. The van der Waals surface area contributed by atoms with E-state index in [4.69, 9.17) is 16.3 Å². The van der Waals surface area contributed by atoms with Crippen LogP contribution >= 0.6 is 11.6 Å². The average Bonchev–Trinajstić information content (AvgIpc) is 2.85. The number of benzene rings is 1. The SMILES string of the molecule is CC(C(=O)Nc1cccc(S(=O)(=O)N2CCOCC2)c1)N1CCN(c2ccc(Cl)cn2)CC1. The van der Waals surface area contributed by atoms with Crippen molar-refractivity contribution in [1.82, 2.24) is 14.2 Å². The Morgan fingerprint density at radius 3 is 2.48 bits per heavy atom.